The lowest BCUT2D eigenvalue weighted by atomic mass is 10.1. The van der Waals surface area contributed by atoms with Crippen LogP contribution in [-0.4, -0.2) is 28.5 Å². The summed E-state index contributed by atoms with van der Waals surface area (Å²) in [4.78, 5) is 26.6. The Morgan fingerprint density at radius 2 is 2.05 bits per heavy atom. The number of benzene rings is 1. The van der Waals surface area contributed by atoms with Crippen molar-refractivity contribution in [2.24, 2.45) is 0 Å². The normalized spacial score (nSPS) is 10.1. The number of aromatic carboxylic acids is 1. The fourth-order valence-electron chi connectivity index (χ4n) is 1.81. The molecule has 0 spiro atoms. The van der Waals surface area contributed by atoms with Crippen molar-refractivity contribution in [2.45, 2.75) is 6.42 Å². The zero-order valence-electron chi connectivity index (χ0n) is 11.2. The molecule has 6 nitrogen and oxygen atoms in total. The number of hydrogen-bond acceptors (Lipinski definition) is 4. The number of anilines is 1. The van der Waals surface area contributed by atoms with Gasteiger partial charge in [-0.05, 0) is 36.2 Å². The Morgan fingerprint density at radius 1 is 1.24 bits per heavy atom. The van der Waals surface area contributed by atoms with Gasteiger partial charge in [0.2, 0.25) is 0 Å². The average Bonchev–Trinajstić information content (AvgIpc) is 2.48. The highest BCUT2D eigenvalue weighted by Crippen LogP contribution is 2.06. The lowest BCUT2D eigenvalue weighted by Crippen LogP contribution is -2.26. The molecule has 21 heavy (non-hydrogen) atoms. The number of nitrogens with two attached hydrogens (primary N) is 1. The van der Waals surface area contributed by atoms with Crippen LogP contribution >= 0.6 is 0 Å². The van der Waals surface area contributed by atoms with Crippen LogP contribution < -0.4 is 11.1 Å². The molecule has 1 heterocycles. The molecular weight excluding hydrogens is 270 g/mol. The summed E-state index contributed by atoms with van der Waals surface area (Å²) in [5.74, 6) is -1.25. The van der Waals surface area contributed by atoms with Crippen LogP contribution in [0.2, 0.25) is 0 Å². The molecule has 0 atom stereocenters. The molecule has 0 bridgehead atoms. The van der Waals surface area contributed by atoms with Gasteiger partial charge in [0.25, 0.3) is 5.91 Å². The van der Waals surface area contributed by atoms with Crippen molar-refractivity contribution in [1.82, 2.24) is 10.3 Å². The van der Waals surface area contributed by atoms with Gasteiger partial charge in [0.15, 0.2) is 0 Å². The molecule has 4 N–H and O–H groups in total. The molecule has 0 saturated heterocycles. The number of carbonyl (C=O) groups excluding carboxylic acids is 1. The van der Waals surface area contributed by atoms with Crippen LogP contribution in [0.5, 0.6) is 0 Å². The molecule has 0 saturated carbocycles. The van der Waals surface area contributed by atoms with E-state index >= 15 is 0 Å². The number of carboxylic acid groups (broad SMARTS) is 1. The van der Waals surface area contributed by atoms with Crippen LogP contribution in [0, 0.1) is 0 Å². The van der Waals surface area contributed by atoms with E-state index in [1.54, 1.807) is 24.3 Å². The van der Waals surface area contributed by atoms with Crippen molar-refractivity contribution >= 4 is 17.6 Å². The first kappa shape index (κ1) is 14.5. The van der Waals surface area contributed by atoms with E-state index in [2.05, 4.69) is 10.3 Å². The number of nitrogen functional groups attached to an aromatic ring is 1. The van der Waals surface area contributed by atoms with Gasteiger partial charge in [0, 0.05) is 6.54 Å². The van der Waals surface area contributed by atoms with Gasteiger partial charge >= 0.3 is 5.97 Å². The van der Waals surface area contributed by atoms with Crippen molar-refractivity contribution < 1.29 is 14.7 Å². The highest BCUT2D eigenvalue weighted by molar-refractivity contribution is 5.92. The Hall–Kier alpha value is -2.89. The minimum Gasteiger partial charge on any atom is -0.478 e. The molecule has 2 aromatic rings. The van der Waals surface area contributed by atoms with Gasteiger partial charge in [0.05, 0.1) is 17.4 Å². The average molecular weight is 285 g/mol. The van der Waals surface area contributed by atoms with Crippen molar-refractivity contribution in [2.75, 3.05) is 12.3 Å². The van der Waals surface area contributed by atoms with Crippen molar-refractivity contribution in [3.63, 3.8) is 0 Å². The number of nitrogens with zero attached hydrogens (tertiary/aromatic N) is 1. The summed E-state index contributed by atoms with van der Waals surface area (Å²) in [5, 5.41) is 11.6. The second-order valence-electron chi connectivity index (χ2n) is 4.49. The maximum atomic E-state index is 11.8. The number of nitrogens with one attached hydrogen (secondary N) is 1. The van der Waals surface area contributed by atoms with Crippen molar-refractivity contribution in [1.29, 1.82) is 0 Å². The highest BCUT2D eigenvalue weighted by Gasteiger charge is 2.07. The van der Waals surface area contributed by atoms with Gasteiger partial charge in [-0.1, -0.05) is 12.1 Å². The number of amides is 1. The lowest BCUT2D eigenvalue weighted by molar-refractivity contribution is 0.0696. The van der Waals surface area contributed by atoms with E-state index in [1.807, 2.05) is 6.07 Å². The van der Waals surface area contributed by atoms with E-state index in [1.165, 1.54) is 12.3 Å². The van der Waals surface area contributed by atoms with Crippen LogP contribution in [0.1, 0.15) is 26.4 Å². The van der Waals surface area contributed by atoms with Crippen LogP contribution in [-0.2, 0) is 6.42 Å². The quantitative estimate of drug-likeness (QED) is 0.768. The fraction of sp³-hybridized carbons (Fsp3) is 0.133. The predicted octanol–water partition coefficient (Wildman–Crippen LogP) is 1.33. The van der Waals surface area contributed by atoms with Crippen molar-refractivity contribution in [3.05, 3.63) is 59.4 Å². The highest BCUT2D eigenvalue weighted by atomic mass is 16.4. The molecule has 1 aromatic heterocycles. The summed E-state index contributed by atoms with van der Waals surface area (Å²) in [6.45, 7) is 0.397. The summed E-state index contributed by atoms with van der Waals surface area (Å²) < 4.78 is 0. The maximum Gasteiger partial charge on any atom is 0.335 e. The minimum atomic E-state index is -0.966. The van der Waals surface area contributed by atoms with Gasteiger partial charge in [-0.3, -0.25) is 4.79 Å². The molecule has 0 aliphatic heterocycles. The van der Waals surface area contributed by atoms with E-state index in [0.29, 0.717) is 24.3 Å². The standard InChI is InChI=1S/C15H15N3O3/c16-12-4-5-13(18-9-12)14(19)17-7-6-10-2-1-3-11(8-10)15(20)21/h1-5,8-9H,6-7,16H2,(H,17,19)(H,20,21). The summed E-state index contributed by atoms with van der Waals surface area (Å²) in [5.41, 5.74) is 7.37. The molecule has 1 aromatic carbocycles. The zero-order chi connectivity index (χ0) is 15.2. The van der Waals surface area contributed by atoms with E-state index in [4.69, 9.17) is 10.8 Å². The van der Waals surface area contributed by atoms with Gasteiger partial charge in [0.1, 0.15) is 5.69 Å². The molecule has 0 unspecified atom stereocenters. The molecule has 0 aliphatic carbocycles. The number of carboxylic acids is 1. The van der Waals surface area contributed by atoms with Crippen LogP contribution in [0.3, 0.4) is 0 Å². The summed E-state index contributed by atoms with van der Waals surface area (Å²) in [7, 11) is 0. The fourth-order valence-corrected chi connectivity index (χ4v) is 1.81. The third kappa shape index (κ3) is 4.04. The molecule has 2 rings (SSSR count). The monoisotopic (exact) mass is 285 g/mol. The molecule has 108 valence electrons. The molecule has 6 heteroatoms. The molecule has 0 radical (unpaired) electrons. The molecule has 0 aliphatic rings. The smallest absolute Gasteiger partial charge is 0.335 e. The second kappa shape index (κ2) is 6.51. The third-order valence-corrected chi connectivity index (χ3v) is 2.89. The van der Waals surface area contributed by atoms with Gasteiger partial charge in [-0.25, -0.2) is 9.78 Å². The second-order valence-corrected chi connectivity index (χ2v) is 4.49. The zero-order valence-corrected chi connectivity index (χ0v) is 11.2. The SMILES string of the molecule is Nc1ccc(C(=O)NCCc2cccc(C(=O)O)c2)nc1. The van der Waals surface area contributed by atoms with E-state index in [-0.39, 0.29) is 11.5 Å². The van der Waals surface area contributed by atoms with E-state index < -0.39 is 5.97 Å². The first-order valence-electron chi connectivity index (χ1n) is 6.38. The Morgan fingerprint density at radius 3 is 2.71 bits per heavy atom. The van der Waals surface area contributed by atoms with Crippen molar-refractivity contribution in [3.8, 4) is 0 Å². The first-order valence-corrected chi connectivity index (χ1v) is 6.38. The van der Waals surface area contributed by atoms with Gasteiger partial charge in [-0.2, -0.15) is 0 Å². The number of rotatable bonds is 5. The summed E-state index contributed by atoms with van der Waals surface area (Å²) >= 11 is 0. The Balaban J connectivity index is 1.89. The topological polar surface area (TPSA) is 105 Å². The summed E-state index contributed by atoms with van der Waals surface area (Å²) in [6.07, 6.45) is 1.97. The minimum absolute atomic E-state index is 0.235. The molecule has 1 amide bonds. The van der Waals surface area contributed by atoms with Gasteiger partial charge in [-0.15, -0.1) is 0 Å². The first-order chi connectivity index (χ1) is 10.1. The van der Waals surface area contributed by atoms with E-state index in [9.17, 15) is 9.59 Å². The van der Waals surface area contributed by atoms with Crippen LogP contribution in [0.15, 0.2) is 42.6 Å². The largest absolute Gasteiger partial charge is 0.478 e. The predicted molar refractivity (Wildman–Crippen MR) is 78.1 cm³/mol. The Bertz CT molecular complexity index is 653. The third-order valence-electron chi connectivity index (χ3n) is 2.89. The number of pyridine rings is 1. The Kier molecular flexibility index (Phi) is 4.50. The Labute approximate surface area is 121 Å². The van der Waals surface area contributed by atoms with Gasteiger partial charge < -0.3 is 16.2 Å². The van der Waals surface area contributed by atoms with Crippen LogP contribution in [0.4, 0.5) is 5.69 Å². The van der Waals surface area contributed by atoms with E-state index in [0.717, 1.165) is 5.56 Å². The maximum absolute atomic E-state index is 11.8. The number of carbonyl (C=O) groups is 2. The van der Waals surface area contributed by atoms with Crippen LogP contribution in [0.25, 0.3) is 0 Å². The molecular formula is C15H15N3O3. The number of hydrogen-bond donors (Lipinski definition) is 3. The summed E-state index contributed by atoms with van der Waals surface area (Å²) in [6, 6.07) is 9.79. The lowest BCUT2D eigenvalue weighted by Gasteiger charge is -2.06. The molecule has 0 fully saturated rings. The number of aromatic nitrogens is 1.